The minimum Gasteiger partial charge on any atom is -0.496 e. The van der Waals surface area contributed by atoms with Gasteiger partial charge in [-0.3, -0.25) is 4.79 Å². The molecule has 1 heterocycles. The highest BCUT2D eigenvalue weighted by Crippen LogP contribution is 2.41. The molecule has 6 rings (SSSR count). The van der Waals surface area contributed by atoms with Gasteiger partial charge < -0.3 is 28.9 Å². The van der Waals surface area contributed by atoms with Gasteiger partial charge in [-0.25, -0.2) is 0 Å². The van der Waals surface area contributed by atoms with E-state index in [4.69, 9.17) is 18.6 Å². The number of ether oxygens (including phenoxy) is 3. The number of hydrogen-bond donors (Lipinski definition) is 2. The van der Waals surface area contributed by atoms with Crippen LogP contribution in [-0.4, -0.2) is 33.5 Å². The normalized spacial score (nSPS) is 12.4. The average Bonchev–Trinajstić information content (AvgIpc) is 3.16. The Morgan fingerprint density at radius 1 is 0.755 bits per heavy atom. The van der Waals surface area contributed by atoms with Gasteiger partial charge in [-0.2, -0.15) is 0 Å². The largest absolute Gasteiger partial charge is 0.496 e. The second-order valence-corrected chi connectivity index (χ2v) is 19.6. The summed E-state index contributed by atoms with van der Waals surface area (Å²) in [6, 6.07) is 41.8. The Bertz CT molecular complexity index is 2160. The number of pyridine rings is 1. The zero-order valence-electron chi connectivity index (χ0n) is 31.6. The van der Waals surface area contributed by atoms with Crippen molar-refractivity contribution < 1.29 is 18.6 Å². The minimum absolute atomic E-state index is 0.0207. The average molecular weight is 727 g/mol. The molecule has 1 atom stereocenters. The van der Waals surface area contributed by atoms with Gasteiger partial charge in [0.05, 0.1) is 18.7 Å². The zero-order valence-corrected chi connectivity index (χ0v) is 32.6. The van der Waals surface area contributed by atoms with E-state index in [0.29, 0.717) is 24.4 Å². The third-order valence-electron chi connectivity index (χ3n) is 10.1. The molecular formula is C45H50N2O5Si. The van der Waals surface area contributed by atoms with Crippen molar-refractivity contribution in [3.63, 3.8) is 0 Å². The molecular weight excluding hydrogens is 677 g/mol. The molecule has 0 radical (unpaired) electrons. The maximum Gasteiger partial charge on any atom is 0.248 e. The number of nitrogens with one attached hydrogen (secondary N) is 2. The van der Waals surface area contributed by atoms with Crippen molar-refractivity contribution in [3.8, 4) is 34.1 Å². The van der Waals surface area contributed by atoms with Gasteiger partial charge in [-0.15, -0.1) is 0 Å². The van der Waals surface area contributed by atoms with E-state index in [9.17, 15) is 4.79 Å². The molecule has 53 heavy (non-hydrogen) atoms. The molecule has 0 spiro atoms. The highest BCUT2D eigenvalue weighted by atomic mass is 28.4. The van der Waals surface area contributed by atoms with Crippen molar-refractivity contribution in [2.45, 2.75) is 58.0 Å². The third kappa shape index (κ3) is 9.45. The first-order valence-electron chi connectivity index (χ1n) is 18.2. The van der Waals surface area contributed by atoms with Gasteiger partial charge >= 0.3 is 0 Å². The molecule has 8 heteroatoms. The predicted octanol–water partition coefficient (Wildman–Crippen LogP) is 10.5. The van der Waals surface area contributed by atoms with Crippen molar-refractivity contribution in [1.29, 1.82) is 0 Å². The van der Waals surface area contributed by atoms with E-state index < -0.39 is 8.32 Å². The van der Waals surface area contributed by atoms with Crippen molar-refractivity contribution in [3.05, 3.63) is 154 Å². The molecule has 0 fully saturated rings. The summed E-state index contributed by atoms with van der Waals surface area (Å²) in [5.74, 6) is 2.96. The fraction of sp³-hybridized carbons (Fsp3) is 0.267. The molecule has 2 N–H and O–H groups in total. The van der Waals surface area contributed by atoms with E-state index >= 15 is 0 Å². The van der Waals surface area contributed by atoms with Crippen molar-refractivity contribution in [2.75, 3.05) is 20.2 Å². The Balaban J connectivity index is 1.14. The Kier molecular flexibility index (Phi) is 11.8. The molecule has 1 aromatic heterocycles. The quantitative estimate of drug-likeness (QED) is 0.0810. The Hall–Kier alpha value is -5.15. The second kappa shape index (κ2) is 16.7. The lowest BCUT2D eigenvalue weighted by Gasteiger charge is -2.39. The smallest absolute Gasteiger partial charge is 0.248 e. The highest BCUT2D eigenvalue weighted by Gasteiger charge is 2.39. The maximum absolute atomic E-state index is 12.5. The van der Waals surface area contributed by atoms with E-state index in [1.165, 1.54) is 5.56 Å². The van der Waals surface area contributed by atoms with Gasteiger partial charge in [0.15, 0.2) is 8.32 Å². The third-order valence-corrected chi connectivity index (χ3v) is 14.5. The fourth-order valence-electron chi connectivity index (χ4n) is 6.05. The Morgan fingerprint density at radius 3 is 2.13 bits per heavy atom. The van der Waals surface area contributed by atoms with Crippen LogP contribution < -0.4 is 25.1 Å². The first-order valence-corrected chi connectivity index (χ1v) is 21.1. The van der Waals surface area contributed by atoms with Crippen molar-refractivity contribution >= 4 is 19.2 Å². The molecule has 274 valence electrons. The van der Waals surface area contributed by atoms with Crippen LogP contribution in [-0.2, 0) is 17.5 Å². The fourth-order valence-corrected chi connectivity index (χ4v) is 7.33. The topological polar surface area (TPSA) is 81.8 Å². The molecule has 0 aliphatic heterocycles. The molecule has 5 aromatic carbocycles. The second-order valence-electron chi connectivity index (χ2n) is 14.8. The molecule has 0 bridgehead atoms. The number of methoxy groups -OCH3 is 1. The summed E-state index contributed by atoms with van der Waals surface area (Å²) >= 11 is 0. The SMILES string of the molecule is COc1ccc(Oc2ccc(CCNC[C@H](O[Si](C)(C)C(C)(C)C)c3ccc(OCc4ccccc4)c4[nH]c(=O)ccc34)cc2)cc1-c1ccccc1. The van der Waals surface area contributed by atoms with Crippen LogP contribution in [0.1, 0.15) is 43.6 Å². The van der Waals surface area contributed by atoms with Gasteiger partial charge in [-0.1, -0.05) is 99.6 Å². The van der Waals surface area contributed by atoms with Gasteiger partial charge in [0.1, 0.15) is 29.6 Å². The number of fused-ring (bicyclic) bond motifs is 1. The van der Waals surface area contributed by atoms with Gasteiger partial charge in [0.25, 0.3) is 0 Å². The molecule has 0 aliphatic carbocycles. The monoisotopic (exact) mass is 726 g/mol. The molecule has 0 aliphatic rings. The van der Waals surface area contributed by atoms with Crippen LogP contribution in [0.3, 0.4) is 0 Å². The number of H-pyrrole nitrogens is 1. The summed E-state index contributed by atoms with van der Waals surface area (Å²) in [6.07, 6.45) is 0.613. The van der Waals surface area contributed by atoms with Crippen LogP contribution in [0.25, 0.3) is 22.0 Å². The summed E-state index contributed by atoms with van der Waals surface area (Å²) in [4.78, 5) is 15.6. The van der Waals surface area contributed by atoms with E-state index in [0.717, 1.165) is 57.9 Å². The predicted molar refractivity (Wildman–Crippen MR) is 218 cm³/mol. The van der Waals surface area contributed by atoms with Crippen LogP contribution >= 0.6 is 0 Å². The van der Waals surface area contributed by atoms with Crippen molar-refractivity contribution in [1.82, 2.24) is 10.3 Å². The summed E-state index contributed by atoms with van der Waals surface area (Å²) in [5, 5.41) is 4.62. The lowest BCUT2D eigenvalue weighted by Crippen LogP contribution is -2.43. The first kappa shape index (κ1) is 37.6. The van der Waals surface area contributed by atoms with Gasteiger partial charge in [-0.05, 0) is 95.8 Å². The lowest BCUT2D eigenvalue weighted by atomic mass is 10.0. The summed E-state index contributed by atoms with van der Waals surface area (Å²) in [7, 11) is -0.493. The first-order chi connectivity index (χ1) is 25.5. The standard InChI is InChI=1S/C45H50N2O5Si/c1-45(2,3)53(5,6)52-42(37-22-25-41(44-38(37)23-26-43(48)47-44)50-31-33-13-9-7-10-14-33)30-46-28-27-32-17-19-35(20-18-32)51-36-21-24-40(49-4)39(29-36)34-15-11-8-12-16-34/h7-26,29,42,46H,27-28,30-31H2,1-6H3,(H,47,48)/t42-/m0/s1. The molecule has 0 unspecified atom stereocenters. The number of rotatable bonds is 15. The van der Waals surface area contributed by atoms with E-state index in [1.807, 2.05) is 91.0 Å². The number of benzene rings is 5. The maximum atomic E-state index is 12.5. The molecule has 6 aromatic rings. The molecule has 0 saturated carbocycles. The summed E-state index contributed by atoms with van der Waals surface area (Å²) < 4.78 is 25.2. The van der Waals surface area contributed by atoms with Crippen LogP contribution in [0, 0.1) is 0 Å². The number of aromatic amines is 1. The summed E-state index contributed by atoms with van der Waals surface area (Å²) in [5.41, 5.74) is 5.86. The summed E-state index contributed by atoms with van der Waals surface area (Å²) in [6.45, 7) is 13.1. The molecule has 0 amide bonds. The van der Waals surface area contributed by atoms with E-state index in [2.05, 4.69) is 74.5 Å². The Morgan fingerprint density at radius 2 is 1.43 bits per heavy atom. The van der Waals surface area contributed by atoms with Crippen LogP contribution in [0.2, 0.25) is 18.1 Å². The Labute approximate surface area is 314 Å². The van der Waals surface area contributed by atoms with E-state index in [1.54, 1.807) is 13.2 Å². The van der Waals surface area contributed by atoms with Gasteiger partial charge in [0.2, 0.25) is 5.56 Å². The number of hydrogen-bond acceptors (Lipinski definition) is 6. The van der Waals surface area contributed by atoms with E-state index in [-0.39, 0.29) is 16.7 Å². The number of aromatic nitrogens is 1. The van der Waals surface area contributed by atoms with Crippen LogP contribution in [0.4, 0.5) is 0 Å². The molecule has 7 nitrogen and oxygen atoms in total. The lowest BCUT2D eigenvalue weighted by molar-refractivity contribution is 0.182. The van der Waals surface area contributed by atoms with Crippen molar-refractivity contribution in [2.24, 2.45) is 0 Å². The van der Waals surface area contributed by atoms with Crippen LogP contribution in [0.15, 0.2) is 132 Å². The molecule has 0 saturated heterocycles. The van der Waals surface area contributed by atoms with Gasteiger partial charge in [0, 0.05) is 23.6 Å². The minimum atomic E-state index is -2.18. The highest BCUT2D eigenvalue weighted by molar-refractivity contribution is 6.74. The zero-order chi connectivity index (χ0) is 37.4. The van der Waals surface area contributed by atoms with Crippen LogP contribution in [0.5, 0.6) is 23.0 Å².